The largest absolute Gasteiger partial charge is 0.353 e. The maximum absolute atomic E-state index is 12.3. The summed E-state index contributed by atoms with van der Waals surface area (Å²) in [6.07, 6.45) is 1.07. The van der Waals surface area contributed by atoms with Gasteiger partial charge in [0.05, 0.1) is 0 Å². The molecule has 1 aromatic heterocycles. The molecule has 0 radical (unpaired) electrons. The average Bonchev–Trinajstić information content (AvgIpc) is 3.23. The van der Waals surface area contributed by atoms with E-state index < -0.39 is 0 Å². The van der Waals surface area contributed by atoms with Gasteiger partial charge in [-0.15, -0.1) is 0 Å². The zero-order chi connectivity index (χ0) is 15.9. The van der Waals surface area contributed by atoms with Crippen molar-refractivity contribution in [2.24, 2.45) is 11.8 Å². The molecule has 22 heavy (non-hydrogen) atoms. The maximum atomic E-state index is 12.3. The third kappa shape index (κ3) is 3.08. The van der Waals surface area contributed by atoms with Crippen molar-refractivity contribution in [1.29, 1.82) is 0 Å². The van der Waals surface area contributed by atoms with Gasteiger partial charge in [-0.3, -0.25) is 4.79 Å². The van der Waals surface area contributed by atoms with Crippen LogP contribution in [0, 0.1) is 18.8 Å². The predicted octanol–water partition coefficient (Wildman–Crippen LogP) is 2.21. The minimum atomic E-state index is 0.292. The Bertz CT molecular complexity index is 564. The lowest BCUT2D eigenvalue weighted by atomic mass is 10.2. The highest BCUT2D eigenvalue weighted by Crippen LogP contribution is 2.39. The molecule has 1 amide bonds. The number of anilines is 1. The average molecular weight is 302 g/mol. The van der Waals surface area contributed by atoms with Crippen LogP contribution in [0.3, 0.4) is 0 Å². The minimum Gasteiger partial charge on any atom is -0.353 e. The zero-order valence-corrected chi connectivity index (χ0v) is 14.0. The number of amides is 1. The number of carbonyl (C=O) groups is 1. The fourth-order valence-corrected chi connectivity index (χ4v) is 3.05. The van der Waals surface area contributed by atoms with Crippen molar-refractivity contribution in [3.05, 3.63) is 17.6 Å². The summed E-state index contributed by atoms with van der Waals surface area (Å²) in [7, 11) is 0. The van der Waals surface area contributed by atoms with Gasteiger partial charge < -0.3 is 9.80 Å². The first-order valence-electron chi connectivity index (χ1n) is 8.35. The molecular weight excluding hydrogens is 276 g/mol. The van der Waals surface area contributed by atoms with Crippen molar-refractivity contribution in [3.63, 3.8) is 0 Å². The van der Waals surface area contributed by atoms with Gasteiger partial charge >= 0.3 is 0 Å². The van der Waals surface area contributed by atoms with Crippen LogP contribution in [0.5, 0.6) is 0 Å². The van der Waals surface area contributed by atoms with Crippen LogP contribution in [-0.2, 0) is 4.79 Å². The number of rotatable bonds is 3. The fourth-order valence-electron chi connectivity index (χ4n) is 3.05. The molecule has 120 valence electrons. The standard InChI is InChI=1S/C17H26N4O/c1-11(2)16-18-13(4)10-15(19-16)20-5-7-21(8-6-20)17(22)14-9-12(14)3/h10-12,14H,5-9H2,1-4H3/t12-,14+/m0/s1. The maximum Gasteiger partial charge on any atom is 0.226 e. The van der Waals surface area contributed by atoms with Crippen LogP contribution >= 0.6 is 0 Å². The summed E-state index contributed by atoms with van der Waals surface area (Å²) < 4.78 is 0. The van der Waals surface area contributed by atoms with Crippen molar-refractivity contribution in [2.45, 2.75) is 40.0 Å². The first-order chi connectivity index (χ1) is 10.5. The summed E-state index contributed by atoms with van der Waals surface area (Å²) >= 11 is 0. The van der Waals surface area contributed by atoms with Crippen LogP contribution in [0.15, 0.2) is 6.07 Å². The number of aryl methyl sites for hydroxylation is 1. The number of aromatic nitrogens is 2. The van der Waals surface area contributed by atoms with Crippen LogP contribution < -0.4 is 4.90 Å². The van der Waals surface area contributed by atoms with Crippen molar-refractivity contribution in [1.82, 2.24) is 14.9 Å². The Hall–Kier alpha value is -1.65. The van der Waals surface area contributed by atoms with Gasteiger partial charge in [0.1, 0.15) is 11.6 Å². The quantitative estimate of drug-likeness (QED) is 0.859. The van der Waals surface area contributed by atoms with Crippen molar-refractivity contribution >= 4 is 11.7 Å². The molecule has 2 aliphatic rings. The molecular formula is C17H26N4O. The molecule has 5 heteroatoms. The summed E-state index contributed by atoms with van der Waals surface area (Å²) in [6, 6.07) is 2.05. The highest BCUT2D eigenvalue weighted by Gasteiger charge is 2.42. The number of nitrogens with zero attached hydrogens (tertiary/aromatic N) is 4. The molecule has 1 aliphatic heterocycles. The van der Waals surface area contributed by atoms with Crippen LogP contribution in [-0.4, -0.2) is 47.0 Å². The summed E-state index contributed by atoms with van der Waals surface area (Å²) in [5, 5.41) is 0. The van der Waals surface area contributed by atoms with E-state index in [0.29, 0.717) is 23.7 Å². The van der Waals surface area contributed by atoms with E-state index >= 15 is 0 Å². The number of carbonyl (C=O) groups excluding carboxylic acids is 1. The van der Waals surface area contributed by atoms with Crippen molar-refractivity contribution in [2.75, 3.05) is 31.1 Å². The summed E-state index contributed by atoms with van der Waals surface area (Å²) in [5.74, 6) is 3.47. The highest BCUT2D eigenvalue weighted by molar-refractivity contribution is 5.81. The van der Waals surface area contributed by atoms with E-state index in [0.717, 1.165) is 49.9 Å². The highest BCUT2D eigenvalue weighted by atomic mass is 16.2. The molecule has 2 atom stereocenters. The Balaban J connectivity index is 1.65. The van der Waals surface area contributed by atoms with E-state index in [1.807, 2.05) is 17.9 Å². The summed E-state index contributed by atoms with van der Waals surface area (Å²) in [6.45, 7) is 11.8. The second kappa shape index (κ2) is 5.86. The first kappa shape index (κ1) is 15.3. The number of hydrogen-bond acceptors (Lipinski definition) is 4. The van der Waals surface area contributed by atoms with Crippen molar-refractivity contribution < 1.29 is 4.79 Å². The van der Waals surface area contributed by atoms with E-state index in [4.69, 9.17) is 4.98 Å². The molecule has 5 nitrogen and oxygen atoms in total. The van der Waals surface area contributed by atoms with Crippen molar-refractivity contribution in [3.8, 4) is 0 Å². The summed E-state index contributed by atoms with van der Waals surface area (Å²) in [4.78, 5) is 25.8. The van der Waals surface area contributed by atoms with Gasteiger partial charge in [-0.05, 0) is 19.3 Å². The summed E-state index contributed by atoms with van der Waals surface area (Å²) in [5.41, 5.74) is 1.01. The third-order valence-electron chi connectivity index (χ3n) is 4.72. The molecule has 0 bridgehead atoms. The van der Waals surface area contributed by atoms with Crippen LogP contribution in [0.2, 0.25) is 0 Å². The van der Waals surface area contributed by atoms with Gasteiger partial charge in [0.25, 0.3) is 0 Å². The molecule has 1 aliphatic carbocycles. The first-order valence-corrected chi connectivity index (χ1v) is 8.35. The monoisotopic (exact) mass is 302 g/mol. The molecule has 3 rings (SSSR count). The smallest absolute Gasteiger partial charge is 0.226 e. The van der Waals surface area contributed by atoms with Gasteiger partial charge in [0.2, 0.25) is 5.91 Å². The van der Waals surface area contributed by atoms with E-state index in [9.17, 15) is 4.79 Å². The molecule has 2 fully saturated rings. The second-order valence-electron chi connectivity index (χ2n) is 7.01. The third-order valence-corrected chi connectivity index (χ3v) is 4.72. The molecule has 1 saturated carbocycles. The number of hydrogen-bond donors (Lipinski definition) is 0. The number of piperazine rings is 1. The van der Waals surface area contributed by atoms with E-state index in [-0.39, 0.29) is 0 Å². The van der Waals surface area contributed by atoms with Gasteiger partial charge in [-0.25, -0.2) is 9.97 Å². The lowest BCUT2D eigenvalue weighted by Gasteiger charge is -2.35. The minimum absolute atomic E-state index is 0.292. The van der Waals surface area contributed by atoms with Crippen LogP contribution in [0.25, 0.3) is 0 Å². The van der Waals surface area contributed by atoms with Crippen LogP contribution in [0.4, 0.5) is 5.82 Å². The van der Waals surface area contributed by atoms with E-state index in [2.05, 4.69) is 30.7 Å². The second-order valence-corrected chi connectivity index (χ2v) is 7.01. The Morgan fingerprint density at radius 2 is 1.86 bits per heavy atom. The molecule has 2 heterocycles. The van der Waals surface area contributed by atoms with Gasteiger partial charge in [0.15, 0.2) is 0 Å². The van der Waals surface area contributed by atoms with Gasteiger partial charge in [-0.1, -0.05) is 20.8 Å². The molecule has 0 aromatic carbocycles. The normalized spacial score (nSPS) is 24.8. The molecule has 0 unspecified atom stereocenters. The predicted molar refractivity (Wildman–Crippen MR) is 86.9 cm³/mol. The Morgan fingerprint density at radius 1 is 1.23 bits per heavy atom. The zero-order valence-electron chi connectivity index (χ0n) is 14.0. The Kier molecular flexibility index (Phi) is 4.06. The van der Waals surface area contributed by atoms with Gasteiger partial charge in [-0.2, -0.15) is 0 Å². The van der Waals surface area contributed by atoms with Gasteiger partial charge in [0, 0.05) is 49.8 Å². The topological polar surface area (TPSA) is 49.3 Å². The lowest BCUT2D eigenvalue weighted by Crippen LogP contribution is -2.49. The van der Waals surface area contributed by atoms with E-state index in [1.54, 1.807) is 0 Å². The molecule has 1 saturated heterocycles. The molecule has 0 spiro atoms. The molecule has 1 aromatic rings. The molecule has 0 N–H and O–H groups in total. The Labute approximate surface area is 132 Å². The van der Waals surface area contributed by atoms with Crippen LogP contribution in [0.1, 0.15) is 44.6 Å². The fraction of sp³-hybridized carbons (Fsp3) is 0.706. The lowest BCUT2D eigenvalue weighted by molar-refractivity contribution is -0.133. The Morgan fingerprint density at radius 3 is 2.41 bits per heavy atom. The SMILES string of the molecule is Cc1cc(N2CCN(C(=O)[C@@H]3C[C@@H]3C)CC2)nc(C(C)C)n1. The van der Waals surface area contributed by atoms with E-state index in [1.165, 1.54) is 0 Å².